The molecule has 3 rings (SSSR count). The van der Waals surface area contributed by atoms with Crippen LogP contribution < -0.4 is 9.64 Å². The number of methoxy groups -OCH3 is 1. The molecule has 1 saturated heterocycles. The van der Waals surface area contributed by atoms with Crippen molar-refractivity contribution in [2.24, 2.45) is 0 Å². The topological polar surface area (TPSA) is 39.5 Å². The van der Waals surface area contributed by atoms with E-state index in [9.17, 15) is 5.26 Å². The summed E-state index contributed by atoms with van der Waals surface area (Å²) in [6, 6.07) is 18.6. The van der Waals surface area contributed by atoms with Crippen molar-refractivity contribution in [1.82, 2.24) is 4.90 Å². The highest BCUT2D eigenvalue weighted by atomic mass is 16.5. The second kappa shape index (κ2) is 7.17. The molecule has 23 heavy (non-hydrogen) atoms. The van der Waals surface area contributed by atoms with Gasteiger partial charge in [-0.3, -0.25) is 4.90 Å². The molecule has 2 aromatic carbocycles. The molecule has 0 N–H and O–H groups in total. The van der Waals surface area contributed by atoms with Crippen molar-refractivity contribution in [3.05, 3.63) is 59.7 Å². The number of hydrogen-bond donors (Lipinski definition) is 0. The van der Waals surface area contributed by atoms with Gasteiger partial charge in [0.15, 0.2) is 0 Å². The number of ether oxygens (including phenoxy) is 1. The normalized spacial score (nSPS) is 15.2. The van der Waals surface area contributed by atoms with Gasteiger partial charge in [-0.25, -0.2) is 0 Å². The van der Waals surface area contributed by atoms with Gasteiger partial charge in [0, 0.05) is 32.7 Å². The molecule has 0 spiro atoms. The van der Waals surface area contributed by atoms with E-state index in [-0.39, 0.29) is 0 Å². The van der Waals surface area contributed by atoms with Gasteiger partial charge in [-0.15, -0.1) is 0 Å². The minimum absolute atomic E-state index is 0.681. The maximum atomic E-state index is 9.37. The maximum absolute atomic E-state index is 9.37. The van der Waals surface area contributed by atoms with Crippen molar-refractivity contribution in [2.45, 2.75) is 6.54 Å². The molecule has 1 fully saturated rings. The predicted molar refractivity (Wildman–Crippen MR) is 91.6 cm³/mol. The lowest BCUT2D eigenvalue weighted by molar-refractivity contribution is 0.250. The van der Waals surface area contributed by atoms with Crippen LogP contribution in [0, 0.1) is 11.3 Å². The predicted octanol–water partition coefficient (Wildman–Crippen LogP) is 2.89. The molecule has 0 bridgehead atoms. The summed E-state index contributed by atoms with van der Waals surface area (Å²) >= 11 is 0. The van der Waals surface area contributed by atoms with Gasteiger partial charge in [-0.2, -0.15) is 5.26 Å². The Labute approximate surface area is 137 Å². The Morgan fingerprint density at radius 2 is 1.78 bits per heavy atom. The number of piperazine rings is 1. The SMILES string of the molecule is COc1ccc(N2CCN(Cc3ccccc3)CC2)c(C#N)c1. The molecule has 0 aromatic heterocycles. The minimum Gasteiger partial charge on any atom is -0.497 e. The van der Waals surface area contributed by atoms with E-state index in [0.29, 0.717) is 5.56 Å². The van der Waals surface area contributed by atoms with Gasteiger partial charge in [0.2, 0.25) is 0 Å². The van der Waals surface area contributed by atoms with Crippen LogP contribution in [0.2, 0.25) is 0 Å². The summed E-state index contributed by atoms with van der Waals surface area (Å²) in [6.07, 6.45) is 0. The summed E-state index contributed by atoms with van der Waals surface area (Å²) < 4.78 is 5.20. The third kappa shape index (κ3) is 3.64. The second-order valence-electron chi connectivity index (χ2n) is 5.74. The van der Waals surface area contributed by atoms with Crippen molar-refractivity contribution in [1.29, 1.82) is 5.26 Å². The summed E-state index contributed by atoms with van der Waals surface area (Å²) in [5.74, 6) is 0.730. The van der Waals surface area contributed by atoms with Gasteiger partial charge >= 0.3 is 0 Å². The first-order chi connectivity index (χ1) is 11.3. The third-order valence-corrected chi connectivity index (χ3v) is 4.29. The highest BCUT2D eigenvalue weighted by Crippen LogP contribution is 2.26. The molecule has 4 nitrogen and oxygen atoms in total. The lowest BCUT2D eigenvalue weighted by atomic mass is 10.1. The van der Waals surface area contributed by atoms with Crippen molar-refractivity contribution < 1.29 is 4.74 Å². The van der Waals surface area contributed by atoms with Crippen LogP contribution in [0.25, 0.3) is 0 Å². The fourth-order valence-electron chi connectivity index (χ4n) is 3.00. The van der Waals surface area contributed by atoms with Crippen LogP contribution >= 0.6 is 0 Å². The van der Waals surface area contributed by atoms with E-state index in [1.807, 2.05) is 18.2 Å². The molecule has 2 aromatic rings. The molecule has 0 aliphatic carbocycles. The Kier molecular flexibility index (Phi) is 4.80. The lowest BCUT2D eigenvalue weighted by Crippen LogP contribution is -2.46. The Balaban J connectivity index is 1.64. The van der Waals surface area contributed by atoms with Gasteiger partial charge in [-0.05, 0) is 23.8 Å². The number of nitrogens with zero attached hydrogens (tertiary/aromatic N) is 3. The smallest absolute Gasteiger partial charge is 0.120 e. The molecule has 1 heterocycles. The summed E-state index contributed by atoms with van der Waals surface area (Å²) in [5, 5.41) is 9.37. The van der Waals surface area contributed by atoms with Gasteiger partial charge in [0.1, 0.15) is 11.8 Å². The van der Waals surface area contributed by atoms with Crippen LogP contribution in [0.3, 0.4) is 0 Å². The Morgan fingerprint density at radius 1 is 1.04 bits per heavy atom. The largest absolute Gasteiger partial charge is 0.497 e. The van der Waals surface area contributed by atoms with Crippen LogP contribution in [0.4, 0.5) is 5.69 Å². The number of benzene rings is 2. The average molecular weight is 307 g/mol. The van der Waals surface area contributed by atoms with Gasteiger partial charge in [0.05, 0.1) is 18.4 Å². The Bertz CT molecular complexity index is 686. The summed E-state index contributed by atoms with van der Waals surface area (Å²) in [6.45, 7) is 4.88. The van der Waals surface area contributed by atoms with E-state index in [1.165, 1.54) is 5.56 Å². The van der Waals surface area contributed by atoms with E-state index in [0.717, 1.165) is 44.2 Å². The lowest BCUT2D eigenvalue weighted by Gasteiger charge is -2.36. The van der Waals surface area contributed by atoms with E-state index < -0.39 is 0 Å². The summed E-state index contributed by atoms with van der Waals surface area (Å²) in [7, 11) is 1.62. The molecular formula is C19H21N3O. The minimum atomic E-state index is 0.681. The highest BCUT2D eigenvalue weighted by Gasteiger charge is 2.19. The number of nitriles is 1. The van der Waals surface area contributed by atoms with Gasteiger partial charge < -0.3 is 9.64 Å². The molecule has 118 valence electrons. The molecule has 4 heteroatoms. The first-order valence-corrected chi connectivity index (χ1v) is 7.89. The first kappa shape index (κ1) is 15.4. The molecular weight excluding hydrogens is 286 g/mol. The van der Waals surface area contributed by atoms with E-state index in [4.69, 9.17) is 4.74 Å². The van der Waals surface area contributed by atoms with E-state index >= 15 is 0 Å². The monoisotopic (exact) mass is 307 g/mol. The first-order valence-electron chi connectivity index (χ1n) is 7.89. The second-order valence-corrected chi connectivity index (χ2v) is 5.74. The highest BCUT2D eigenvalue weighted by molar-refractivity contribution is 5.61. The van der Waals surface area contributed by atoms with Crippen LogP contribution in [0.5, 0.6) is 5.75 Å². The van der Waals surface area contributed by atoms with Gasteiger partial charge in [-0.1, -0.05) is 30.3 Å². The fraction of sp³-hybridized carbons (Fsp3) is 0.316. The fourth-order valence-corrected chi connectivity index (χ4v) is 3.00. The molecule has 0 saturated carbocycles. The Morgan fingerprint density at radius 3 is 2.43 bits per heavy atom. The van der Waals surface area contributed by atoms with Crippen LogP contribution in [0.15, 0.2) is 48.5 Å². The molecule has 1 aliphatic rings. The standard InChI is InChI=1S/C19H21N3O/c1-23-18-7-8-19(17(13-18)14-20)22-11-9-21(10-12-22)15-16-5-3-2-4-6-16/h2-8,13H,9-12,15H2,1H3. The molecule has 0 radical (unpaired) electrons. The zero-order valence-electron chi connectivity index (χ0n) is 13.4. The third-order valence-electron chi connectivity index (χ3n) is 4.29. The van der Waals surface area contributed by atoms with Crippen molar-refractivity contribution in [3.8, 4) is 11.8 Å². The van der Waals surface area contributed by atoms with Crippen LogP contribution in [0.1, 0.15) is 11.1 Å². The van der Waals surface area contributed by atoms with Crippen molar-refractivity contribution in [2.75, 3.05) is 38.2 Å². The molecule has 0 unspecified atom stereocenters. The molecule has 0 atom stereocenters. The summed E-state index contributed by atoms with van der Waals surface area (Å²) in [4.78, 5) is 4.75. The van der Waals surface area contributed by atoms with Crippen molar-refractivity contribution in [3.63, 3.8) is 0 Å². The van der Waals surface area contributed by atoms with Crippen molar-refractivity contribution >= 4 is 5.69 Å². The molecule has 0 amide bonds. The van der Waals surface area contributed by atoms with Crippen LogP contribution in [-0.2, 0) is 6.54 Å². The van der Waals surface area contributed by atoms with E-state index in [2.05, 4.69) is 46.2 Å². The molecule has 1 aliphatic heterocycles. The maximum Gasteiger partial charge on any atom is 0.120 e. The number of anilines is 1. The van der Waals surface area contributed by atoms with Gasteiger partial charge in [0.25, 0.3) is 0 Å². The quantitative estimate of drug-likeness (QED) is 0.871. The zero-order chi connectivity index (χ0) is 16.1. The number of hydrogen-bond acceptors (Lipinski definition) is 4. The summed E-state index contributed by atoms with van der Waals surface area (Å²) in [5.41, 5.74) is 3.04. The Hall–Kier alpha value is -2.51. The average Bonchev–Trinajstić information content (AvgIpc) is 2.63. The van der Waals surface area contributed by atoms with Crippen LogP contribution in [-0.4, -0.2) is 38.2 Å². The number of rotatable bonds is 4. The zero-order valence-corrected chi connectivity index (χ0v) is 13.4. The van der Waals surface area contributed by atoms with E-state index in [1.54, 1.807) is 7.11 Å².